The first kappa shape index (κ1) is 20.1. The Morgan fingerprint density at radius 2 is 2.00 bits per heavy atom. The van der Waals surface area contributed by atoms with E-state index in [9.17, 15) is 17.6 Å². The normalized spacial score (nSPS) is 19.2. The third-order valence-electron chi connectivity index (χ3n) is 4.31. The molecule has 1 fully saturated rings. The van der Waals surface area contributed by atoms with Gasteiger partial charge >= 0.3 is 0 Å². The first-order valence-corrected chi connectivity index (χ1v) is 10.1. The van der Waals surface area contributed by atoms with Crippen LogP contribution in [0.5, 0.6) is 5.75 Å². The van der Waals surface area contributed by atoms with Crippen molar-refractivity contribution in [3.8, 4) is 5.75 Å². The highest BCUT2D eigenvalue weighted by atomic mass is 32.2. The quantitative estimate of drug-likeness (QED) is 0.543. The largest absolute Gasteiger partial charge is 0.497 e. The number of carbonyl (C=O) groups excluding carboxylic acids is 1. The Labute approximate surface area is 162 Å². The number of ether oxygens (including phenoxy) is 1. The number of carbonyl (C=O) groups is 1. The summed E-state index contributed by atoms with van der Waals surface area (Å²) in [6.07, 6.45) is 0. The van der Waals surface area contributed by atoms with Gasteiger partial charge in [0.05, 0.1) is 13.0 Å². The predicted octanol–water partition coefficient (Wildman–Crippen LogP) is 0.943. The highest BCUT2D eigenvalue weighted by Crippen LogP contribution is 2.19. The van der Waals surface area contributed by atoms with Crippen molar-refractivity contribution in [2.24, 2.45) is 5.92 Å². The number of methoxy groups -OCH3 is 1. The monoisotopic (exact) mass is 408 g/mol. The van der Waals surface area contributed by atoms with E-state index in [0.717, 1.165) is 17.7 Å². The molecule has 2 unspecified atom stereocenters. The molecule has 1 saturated heterocycles. The molecule has 1 heterocycles. The highest BCUT2D eigenvalue weighted by Gasteiger charge is 2.41. The van der Waals surface area contributed by atoms with Gasteiger partial charge in [-0.05, 0) is 42.0 Å². The molecule has 4 N–H and O–H groups in total. The van der Waals surface area contributed by atoms with Crippen molar-refractivity contribution in [1.29, 1.82) is 0 Å². The van der Waals surface area contributed by atoms with Gasteiger partial charge in [0.1, 0.15) is 11.6 Å². The van der Waals surface area contributed by atoms with E-state index in [2.05, 4.69) is 20.9 Å². The molecule has 28 heavy (non-hydrogen) atoms. The van der Waals surface area contributed by atoms with Crippen LogP contribution in [0.25, 0.3) is 0 Å². The molecule has 1 aliphatic rings. The average molecular weight is 408 g/mol. The molecule has 8 nitrogen and oxygen atoms in total. The van der Waals surface area contributed by atoms with Gasteiger partial charge in [-0.3, -0.25) is 14.9 Å². The third kappa shape index (κ3) is 4.77. The summed E-state index contributed by atoms with van der Waals surface area (Å²) in [5, 5.41) is 1.57. The maximum atomic E-state index is 13.0. The lowest BCUT2D eigenvalue weighted by Crippen LogP contribution is -2.46. The number of anilines is 1. The molecule has 3 rings (SSSR count). The van der Waals surface area contributed by atoms with Gasteiger partial charge in [0.15, 0.2) is 5.37 Å². The molecule has 0 radical (unpaired) electrons. The van der Waals surface area contributed by atoms with E-state index in [1.807, 2.05) is 6.07 Å². The van der Waals surface area contributed by atoms with Crippen LogP contribution in [-0.4, -0.2) is 33.4 Å². The molecule has 0 bridgehead atoms. The fourth-order valence-electron chi connectivity index (χ4n) is 2.85. The van der Waals surface area contributed by atoms with Gasteiger partial charge in [0.2, 0.25) is 5.91 Å². The van der Waals surface area contributed by atoms with Crippen LogP contribution in [0.15, 0.2) is 48.5 Å². The SMILES string of the molecule is COc1cccc(CNC(=O)C2CNNC2S(=O)(=O)Nc2ccc(F)cc2)c1. The second-order valence-electron chi connectivity index (χ2n) is 6.28. The molecular weight excluding hydrogens is 387 g/mol. The van der Waals surface area contributed by atoms with E-state index in [1.54, 1.807) is 25.3 Å². The van der Waals surface area contributed by atoms with Crippen molar-refractivity contribution in [3.05, 3.63) is 59.9 Å². The summed E-state index contributed by atoms with van der Waals surface area (Å²) >= 11 is 0. The van der Waals surface area contributed by atoms with Gasteiger partial charge in [-0.1, -0.05) is 12.1 Å². The fourth-order valence-corrected chi connectivity index (χ4v) is 4.33. The van der Waals surface area contributed by atoms with E-state index in [-0.39, 0.29) is 18.8 Å². The fraction of sp³-hybridized carbons (Fsp3) is 0.278. The molecule has 1 aliphatic heterocycles. The maximum Gasteiger partial charge on any atom is 0.250 e. The van der Waals surface area contributed by atoms with Crippen molar-refractivity contribution in [2.45, 2.75) is 11.9 Å². The summed E-state index contributed by atoms with van der Waals surface area (Å²) in [6, 6.07) is 12.1. The van der Waals surface area contributed by atoms with Gasteiger partial charge in [-0.2, -0.15) is 0 Å². The molecule has 1 amide bonds. The number of hydrazine groups is 1. The third-order valence-corrected chi connectivity index (χ3v) is 5.94. The second kappa shape index (κ2) is 8.55. The van der Waals surface area contributed by atoms with Crippen LogP contribution < -0.4 is 25.6 Å². The topological polar surface area (TPSA) is 109 Å². The van der Waals surface area contributed by atoms with Crippen LogP contribution in [0.3, 0.4) is 0 Å². The van der Waals surface area contributed by atoms with Crippen LogP contribution in [0.1, 0.15) is 5.56 Å². The van der Waals surface area contributed by atoms with Crippen molar-refractivity contribution < 1.29 is 22.3 Å². The standard InChI is InChI=1S/C18H21FN4O4S/c1-27-15-4-2-3-12(9-15)10-20-17(24)16-11-21-22-18(16)28(25,26)23-14-7-5-13(19)6-8-14/h2-9,16,18,21-23H,10-11H2,1H3,(H,20,24). The van der Waals surface area contributed by atoms with E-state index in [4.69, 9.17) is 4.74 Å². The smallest absolute Gasteiger partial charge is 0.250 e. The van der Waals surface area contributed by atoms with Crippen molar-refractivity contribution in [3.63, 3.8) is 0 Å². The first-order valence-electron chi connectivity index (χ1n) is 8.55. The van der Waals surface area contributed by atoms with Gasteiger partial charge in [0, 0.05) is 18.8 Å². The lowest BCUT2D eigenvalue weighted by molar-refractivity contribution is -0.124. The van der Waals surface area contributed by atoms with Gasteiger partial charge in [0.25, 0.3) is 10.0 Å². The molecule has 2 aromatic carbocycles. The minimum absolute atomic E-state index is 0.152. The molecule has 0 spiro atoms. The van der Waals surface area contributed by atoms with E-state index >= 15 is 0 Å². The number of hydrogen-bond acceptors (Lipinski definition) is 6. The van der Waals surface area contributed by atoms with Crippen LogP contribution in [-0.2, 0) is 21.4 Å². The molecule has 10 heteroatoms. The predicted molar refractivity (Wildman–Crippen MR) is 102 cm³/mol. The van der Waals surface area contributed by atoms with Gasteiger partial charge in [-0.25, -0.2) is 18.2 Å². The number of amides is 1. The van der Waals surface area contributed by atoms with Gasteiger partial charge in [-0.15, -0.1) is 0 Å². The molecule has 2 atom stereocenters. The Hall–Kier alpha value is -2.69. The Bertz CT molecular complexity index is 937. The lowest BCUT2D eigenvalue weighted by atomic mass is 10.1. The maximum absolute atomic E-state index is 13.0. The number of sulfonamides is 1. The number of rotatable bonds is 7. The molecule has 0 aromatic heterocycles. The van der Waals surface area contributed by atoms with Crippen molar-refractivity contribution in [2.75, 3.05) is 18.4 Å². The zero-order chi connectivity index (χ0) is 20.1. The minimum atomic E-state index is -3.94. The summed E-state index contributed by atoms with van der Waals surface area (Å²) in [4.78, 5) is 12.6. The summed E-state index contributed by atoms with van der Waals surface area (Å²) in [5.74, 6) is -1.06. The Morgan fingerprint density at radius 3 is 2.71 bits per heavy atom. The van der Waals surface area contributed by atoms with Crippen LogP contribution in [0.2, 0.25) is 0 Å². The average Bonchev–Trinajstić information content (AvgIpc) is 3.19. The zero-order valence-electron chi connectivity index (χ0n) is 15.1. The number of benzene rings is 2. The molecule has 0 saturated carbocycles. The van der Waals surface area contributed by atoms with E-state index in [0.29, 0.717) is 5.75 Å². The van der Waals surface area contributed by atoms with Gasteiger partial charge < -0.3 is 10.1 Å². The number of halogens is 1. The Balaban J connectivity index is 1.65. The number of nitrogens with one attached hydrogen (secondary N) is 4. The molecular formula is C18H21FN4O4S. The molecule has 150 valence electrons. The highest BCUT2D eigenvalue weighted by molar-refractivity contribution is 7.93. The van der Waals surface area contributed by atoms with Crippen LogP contribution >= 0.6 is 0 Å². The van der Waals surface area contributed by atoms with Crippen LogP contribution in [0.4, 0.5) is 10.1 Å². The lowest BCUT2D eigenvalue weighted by Gasteiger charge is -2.19. The molecule has 2 aromatic rings. The van der Waals surface area contributed by atoms with Crippen molar-refractivity contribution in [1.82, 2.24) is 16.2 Å². The first-order chi connectivity index (χ1) is 13.4. The second-order valence-corrected chi connectivity index (χ2v) is 8.08. The van der Waals surface area contributed by atoms with Crippen molar-refractivity contribution >= 4 is 21.6 Å². The van der Waals surface area contributed by atoms with E-state index in [1.165, 1.54) is 12.1 Å². The Morgan fingerprint density at radius 1 is 1.25 bits per heavy atom. The Kier molecular flexibility index (Phi) is 6.12. The summed E-state index contributed by atoms with van der Waals surface area (Å²) in [7, 11) is -2.39. The summed E-state index contributed by atoms with van der Waals surface area (Å²) in [6.45, 7) is 0.392. The zero-order valence-corrected chi connectivity index (χ0v) is 15.9. The minimum Gasteiger partial charge on any atom is -0.497 e. The summed E-state index contributed by atoms with van der Waals surface area (Å²) in [5.41, 5.74) is 6.37. The molecule has 0 aliphatic carbocycles. The summed E-state index contributed by atoms with van der Waals surface area (Å²) < 4.78 is 45.8. The van der Waals surface area contributed by atoms with E-state index < -0.39 is 33.0 Å². The van der Waals surface area contributed by atoms with Crippen LogP contribution in [0, 0.1) is 11.7 Å². The number of hydrogen-bond donors (Lipinski definition) is 4.